The van der Waals surface area contributed by atoms with Gasteiger partial charge in [-0.05, 0) is 36.4 Å². The number of nitrogens with two attached hydrogens (primary N) is 1. The predicted octanol–water partition coefficient (Wildman–Crippen LogP) is 4.66. The maximum atomic E-state index is 12.3. The molecule has 3 aromatic rings. The Balaban J connectivity index is 2.09. The Bertz CT molecular complexity index is 975. The van der Waals surface area contributed by atoms with E-state index in [1.807, 2.05) is 30.3 Å². The van der Waals surface area contributed by atoms with Crippen LogP contribution in [0.2, 0.25) is 10.0 Å². The van der Waals surface area contributed by atoms with Crippen LogP contribution in [0, 0.1) is 0 Å². The third-order valence-corrected chi connectivity index (χ3v) is 4.79. The van der Waals surface area contributed by atoms with E-state index >= 15 is 0 Å². The lowest BCUT2D eigenvalue weighted by atomic mass is 9.93. The second-order valence-corrected chi connectivity index (χ2v) is 6.78. The first-order valence-corrected chi connectivity index (χ1v) is 9.20. The molecule has 144 valence electrons. The van der Waals surface area contributed by atoms with Gasteiger partial charge in [0.25, 0.3) is 0 Å². The number of halogens is 2. The van der Waals surface area contributed by atoms with Crippen molar-refractivity contribution in [2.24, 2.45) is 5.73 Å². The van der Waals surface area contributed by atoms with E-state index in [1.165, 1.54) is 0 Å². The molecule has 0 aliphatic rings. The van der Waals surface area contributed by atoms with Gasteiger partial charge >= 0.3 is 0 Å². The predicted molar refractivity (Wildman–Crippen MR) is 110 cm³/mol. The van der Waals surface area contributed by atoms with Crippen LogP contribution in [0.4, 0.5) is 0 Å². The summed E-state index contributed by atoms with van der Waals surface area (Å²) in [4.78, 5) is 16.9. The molecule has 0 aliphatic heterocycles. The Morgan fingerprint density at radius 2 is 1.71 bits per heavy atom. The van der Waals surface area contributed by atoms with Crippen LogP contribution in [0.1, 0.15) is 17.2 Å². The summed E-state index contributed by atoms with van der Waals surface area (Å²) in [6, 6.07) is 17.8. The summed E-state index contributed by atoms with van der Waals surface area (Å²) in [5, 5.41) is 0.708. The minimum absolute atomic E-state index is 0.107. The molecule has 7 heteroatoms. The number of benzene rings is 2. The monoisotopic (exact) mass is 416 g/mol. The highest BCUT2D eigenvalue weighted by atomic mass is 35.5. The number of rotatable bonds is 7. The zero-order valence-corrected chi connectivity index (χ0v) is 16.6. The maximum absolute atomic E-state index is 12.3. The number of hydrogen-bond acceptors (Lipinski definition) is 4. The number of pyridine rings is 1. The van der Waals surface area contributed by atoms with Gasteiger partial charge < -0.3 is 15.2 Å². The van der Waals surface area contributed by atoms with E-state index < -0.39 is 11.8 Å². The molecule has 0 bridgehead atoms. The molecule has 5 nitrogen and oxygen atoms in total. The van der Waals surface area contributed by atoms with Crippen molar-refractivity contribution in [1.82, 2.24) is 4.98 Å². The third kappa shape index (κ3) is 4.28. The second kappa shape index (κ2) is 9.06. The van der Waals surface area contributed by atoms with E-state index in [4.69, 9.17) is 38.4 Å². The summed E-state index contributed by atoms with van der Waals surface area (Å²) in [6.45, 7) is 0.107. The van der Waals surface area contributed by atoms with Gasteiger partial charge in [-0.1, -0.05) is 47.5 Å². The molecule has 1 unspecified atom stereocenters. The number of methoxy groups -OCH3 is 1. The third-order valence-electron chi connectivity index (χ3n) is 4.13. The Kier molecular flexibility index (Phi) is 6.52. The van der Waals surface area contributed by atoms with Gasteiger partial charge in [-0.15, -0.1) is 0 Å². The molecule has 0 spiro atoms. The van der Waals surface area contributed by atoms with Gasteiger partial charge in [0.2, 0.25) is 5.91 Å². The van der Waals surface area contributed by atoms with E-state index in [0.29, 0.717) is 32.7 Å². The van der Waals surface area contributed by atoms with Gasteiger partial charge in [-0.25, -0.2) is 0 Å². The number of aromatic nitrogens is 1. The summed E-state index contributed by atoms with van der Waals surface area (Å²) < 4.78 is 10.6. The van der Waals surface area contributed by atoms with Crippen molar-refractivity contribution in [3.8, 4) is 17.0 Å². The van der Waals surface area contributed by atoms with Crippen LogP contribution >= 0.6 is 23.2 Å². The second-order valence-electron chi connectivity index (χ2n) is 5.97. The Morgan fingerprint density at radius 1 is 1.04 bits per heavy atom. The van der Waals surface area contributed by atoms with Gasteiger partial charge in [-0.2, -0.15) is 0 Å². The fourth-order valence-corrected chi connectivity index (χ4v) is 3.53. The lowest BCUT2D eigenvalue weighted by Gasteiger charge is -2.18. The SMILES string of the molecule is COCOc1ccccc1-c1cccc(C(C(N)=O)c2c(Cl)cccc2Cl)n1. The highest BCUT2D eigenvalue weighted by Gasteiger charge is 2.27. The molecule has 0 fully saturated rings. The largest absolute Gasteiger partial charge is 0.467 e. The van der Waals surface area contributed by atoms with Gasteiger partial charge in [-0.3, -0.25) is 9.78 Å². The van der Waals surface area contributed by atoms with Crippen molar-refractivity contribution in [3.05, 3.63) is 82.0 Å². The number of amides is 1. The Labute approximate surface area is 173 Å². The van der Waals surface area contributed by atoms with Crippen LogP contribution in [-0.4, -0.2) is 24.8 Å². The Hall–Kier alpha value is -2.60. The average molecular weight is 417 g/mol. The number of primary amides is 1. The van der Waals surface area contributed by atoms with Gasteiger partial charge in [0.15, 0.2) is 6.79 Å². The van der Waals surface area contributed by atoms with Crippen LogP contribution in [-0.2, 0) is 9.53 Å². The van der Waals surface area contributed by atoms with E-state index in [0.717, 1.165) is 5.56 Å². The smallest absolute Gasteiger partial charge is 0.231 e. The molecule has 1 atom stereocenters. The highest BCUT2D eigenvalue weighted by molar-refractivity contribution is 6.36. The minimum Gasteiger partial charge on any atom is -0.467 e. The highest BCUT2D eigenvalue weighted by Crippen LogP contribution is 2.36. The summed E-state index contributed by atoms with van der Waals surface area (Å²) >= 11 is 12.6. The van der Waals surface area contributed by atoms with Gasteiger partial charge in [0.1, 0.15) is 11.7 Å². The quantitative estimate of drug-likeness (QED) is 0.568. The van der Waals surface area contributed by atoms with E-state index in [-0.39, 0.29) is 6.79 Å². The van der Waals surface area contributed by atoms with Crippen molar-refractivity contribution in [2.45, 2.75) is 5.92 Å². The maximum Gasteiger partial charge on any atom is 0.231 e. The molecule has 28 heavy (non-hydrogen) atoms. The molecular weight excluding hydrogens is 399 g/mol. The number of carbonyl (C=O) groups is 1. The van der Waals surface area contributed by atoms with Crippen molar-refractivity contribution in [3.63, 3.8) is 0 Å². The Morgan fingerprint density at radius 3 is 2.39 bits per heavy atom. The van der Waals surface area contributed by atoms with Crippen LogP contribution in [0.3, 0.4) is 0 Å². The van der Waals surface area contributed by atoms with Crippen molar-refractivity contribution >= 4 is 29.1 Å². The van der Waals surface area contributed by atoms with Crippen LogP contribution in [0.15, 0.2) is 60.7 Å². The molecule has 1 aromatic heterocycles. The normalized spacial score (nSPS) is 11.8. The van der Waals surface area contributed by atoms with Crippen LogP contribution in [0.25, 0.3) is 11.3 Å². The van der Waals surface area contributed by atoms with E-state index in [9.17, 15) is 4.79 Å². The lowest BCUT2D eigenvalue weighted by molar-refractivity contribution is -0.118. The minimum atomic E-state index is -0.881. The van der Waals surface area contributed by atoms with E-state index in [2.05, 4.69) is 4.98 Å². The van der Waals surface area contributed by atoms with Gasteiger partial charge in [0.05, 0.1) is 11.4 Å². The van der Waals surface area contributed by atoms with Crippen LogP contribution in [0.5, 0.6) is 5.75 Å². The first-order valence-electron chi connectivity index (χ1n) is 8.44. The molecule has 0 saturated carbocycles. The fraction of sp³-hybridized carbons (Fsp3) is 0.143. The van der Waals surface area contributed by atoms with Crippen molar-refractivity contribution in [2.75, 3.05) is 13.9 Å². The first-order chi connectivity index (χ1) is 13.5. The molecule has 0 aliphatic carbocycles. The molecular formula is C21H18Cl2N2O3. The number of ether oxygens (including phenoxy) is 2. The zero-order chi connectivity index (χ0) is 20.1. The van der Waals surface area contributed by atoms with Crippen LogP contribution < -0.4 is 10.5 Å². The summed E-state index contributed by atoms with van der Waals surface area (Å²) in [5.74, 6) is -0.864. The first kappa shape index (κ1) is 20.1. The molecule has 0 radical (unpaired) electrons. The van der Waals surface area contributed by atoms with E-state index in [1.54, 1.807) is 37.4 Å². The zero-order valence-electron chi connectivity index (χ0n) is 15.1. The average Bonchev–Trinajstić information content (AvgIpc) is 2.69. The summed E-state index contributed by atoms with van der Waals surface area (Å²) in [6.07, 6.45) is 0. The number of para-hydroxylation sites is 1. The van der Waals surface area contributed by atoms with Crippen molar-refractivity contribution in [1.29, 1.82) is 0 Å². The number of carbonyl (C=O) groups excluding carboxylic acids is 1. The molecule has 1 heterocycles. The molecule has 2 N–H and O–H groups in total. The standard InChI is InChI=1S/C21H18Cl2N2O3/c1-27-12-28-18-11-3-2-6-13(18)16-9-5-10-17(25-16)20(21(24)26)19-14(22)7-4-8-15(19)23/h2-11,20H,12H2,1H3,(H2,24,26). The molecule has 2 aromatic carbocycles. The molecule has 1 amide bonds. The number of nitrogens with zero attached hydrogens (tertiary/aromatic N) is 1. The molecule has 3 rings (SSSR count). The van der Waals surface area contributed by atoms with Gasteiger partial charge in [0, 0.05) is 28.3 Å². The van der Waals surface area contributed by atoms with Crippen molar-refractivity contribution < 1.29 is 14.3 Å². The topological polar surface area (TPSA) is 74.4 Å². The number of hydrogen-bond donors (Lipinski definition) is 1. The summed E-state index contributed by atoms with van der Waals surface area (Å²) in [5.41, 5.74) is 7.95. The summed E-state index contributed by atoms with van der Waals surface area (Å²) in [7, 11) is 1.55. The fourth-order valence-electron chi connectivity index (χ4n) is 2.91. The lowest BCUT2D eigenvalue weighted by Crippen LogP contribution is -2.24. The molecule has 0 saturated heterocycles.